The first-order valence-electron chi connectivity index (χ1n) is 10.2. The summed E-state index contributed by atoms with van der Waals surface area (Å²) in [7, 11) is 1.83. The molecule has 162 valence electrons. The predicted molar refractivity (Wildman–Crippen MR) is 108 cm³/mol. The zero-order valence-electron chi connectivity index (χ0n) is 16.9. The molecule has 0 radical (unpaired) electrons. The number of nitrogens with zero attached hydrogens (tertiary/aromatic N) is 7. The lowest BCUT2D eigenvalue weighted by Gasteiger charge is -2.32. The number of piperidine rings is 1. The molecular formula is C20H22F2N8O. The Morgan fingerprint density at radius 1 is 1.19 bits per heavy atom. The van der Waals surface area contributed by atoms with Gasteiger partial charge in [-0.05, 0) is 18.9 Å². The Labute approximate surface area is 177 Å². The van der Waals surface area contributed by atoms with Crippen LogP contribution in [0.5, 0.6) is 0 Å². The van der Waals surface area contributed by atoms with Crippen molar-refractivity contribution < 1.29 is 13.6 Å². The lowest BCUT2D eigenvalue weighted by Crippen LogP contribution is -2.40. The third-order valence-electron chi connectivity index (χ3n) is 5.79. The minimum Gasteiger partial charge on any atom is -0.342 e. The summed E-state index contributed by atoms with van der Waals surface area (Å²) in [6.07, 6.45) is 9.92. The van der Waals surface area contributed by atoms with Crippen molar-refractivity contribution in [3.05, 3.63) is 37.1 Å². The van der Waals surface area contributed by atoms with E-state index in [1.165, 1.54) is 0 Å². The maximum absolute atomic E-state index is 13.2. The fourth-order valence-corrected chi connectivity index (χ4v) is 3.92. The van der Waals surface area contributed by atoms with Crippen LogP contribution in [0, 0.1) is 5.92 Å². The molecule has 1 aliphatic heterocycles. The number of hydrogen-bond donors (Lipinski definition) is 1. The van der Waals surface area contributed by atoms with Gasteiger partial charge in [0.25, 0.3) is 5.92 Å². The summed E-state index contributed by atoms with van der Waals surface area (Å²) in [6.45, 7) is 0.940. The van der Waals surface area contributed by atoms with Crippen LogP contribution in [0.2, 0.25) is 0 Å². The Kier molecular flexibility index (Phi) is 4.67. The second-order valence-electron chi connectivity index (χ2n) is 8.08. The Morgan fingerprint density at radius 3 is 2.65 bits per heavy atom. The van der Waals surface area contributed by atoms with Gasteiger partial charge in [0.1, 0.15) is 5.92 Å². The number of carbonyl (C=O) groups excluding carboxylic acids is 1. The first-order valence-corrected chi connectivity index (χ1v) is 10.2. The lowest BCUT2D eigenvalue weighted by atomic mass is 10.0. The summed E-state index contributed by atoms with van der Waals surface area (Å²) < 4.78 is 29.9. The predicted octanol–water partition coefficient (Wildman–Crippen LogP) is 2.64. The van der Waals surface area contributed by atoms with Gasteiger partial charge in [-0.25, -0.2) is 18.7 Å². The Balaban J connectivity index is 1.23. The van der Waals surface area contributed by atoms with Crippen molar-refractivity contribution in [2.24, 2.45) is 13.0 Å². The molecule has 1 N–H and O–H groups in total. The lowest BCUT2D eigenvalue weighted by molar-refractivity contribution is -0.136. The zero-order chi connectivity index (χ0) is 21.6. The van der Waals surface area contributed by atoms with Gasteiger partial charge in [-0.1, -0.05) is 0 Å². The van der Waals surface area contributed by atoms with Gasteiger partial charge in [-0.3, -0.25) is 14.2 Å². The Bertz CT molecular complexity index is 1100. The number of alkyl halides is 2. The van der Waals surface area contributed by atoms with Crippen molar-refractivity contribution in [1.29, 1.82) is 0 Å². The quantitative estimate of drug-likeness (QED) is 0.672. The number of amides is 1. The topological polar surface area (TPSA) is 93.8 Å². The van der Waals surface area contributed by atoms with E-state index in [-0.39, 0.29) is 12.5 Å². The molecule has 11 heteroatoms. The van der Waals surface area contributed by atoms with E-state index in [1.54, 1.807) is 28.2 Å². The van der Waals surface area contributed by atoms with Crippen molar-refractivity contribution in [1.82, 2.24) is 34.4 Å². The van der Waals surface area contributed by atoms with E-state index in [1.807, 2.05) is 30.2 Å². The number of carbonyl (C=O) groups is 1. The maximum Gasteiger partial charge on any atom is 0.260 e. The molecule has 0 bridgehead atoms. The van der Waals surface area contributed by atoms with Crippen molar-refractivity contribution >= 4 is 17.5 Å². The number of nitrogens with one attached hydrogen (secondary N) is 1. The fourth-order valence-electron chi connectivity index (χ4n) is 3.92. The van der Waals surface area contributed by atoms with Crippen LogP contribution in [0.25, 0.3) is 11.3 Å². The van der Waals surface area contributed by atoms with Crippen LogP contribution in [0.4, 0.5) is 20.4 Å². The summed E-state index contributed by atoms with van der Waals surface area (Å²) >= 11 is 0. The van der Waals surface area contributed by atoms with Gasteiger partial charge in [0.15, 0.2) is 0 Å². The highest BCUT2D eigenvalue weighted by molar-refractivity contribution is 5.83. The molecule has 2 fully saturated rings. The van der Waals surface area contributed by atoms with Crippen LogP contribution in [-0.2, 0) is 11.8 Å². The van der Waals surface area contributed by atoms with Gasteiger partial charge in [0, 0.05) is 50.7 Å². The number of anilines is 2. The highest BCUT2D eigenvalue weighted by atomic mass is 19.3. The average molecular weight is 428 g/mol. The first kappa shape index (κ1) is 19.6. The molecule has 5 rings (SSSR count). The summed E-state index contributed by atoms with van der Waals surface area (Å²) in [5, 5.41) is 11.7. The van der Waals surface area contributed by atoms with Gasteiger partial charge < -0.3 is 10.2 Å². The number of aryl methyl sites for hydroxylation is 1. The minimum atomic E-state index is -2.81. The molecular weight excluding hydrogens is 406 g/mol. The molecule has 1 saturated heterocycles. The van der Waals surface area contributed by atoms with Crippen molar-refractivity contribution in [3.8, 4) is 11.3 Å². The van der Waals surface area contributed by atoms with E-state index in [2.05, 4.69) is 25.5 Å². The zero-order valence-corrected chi connectivity index (χ0v) is 16.9. The highest BCUT2D eigenvalue weighted by Gasteiger charge is 2.62. The largest absolute Gasteiger partial charge is 0.342 e. The van der Waals surface area contributed by atoms with Crippen LogP contribution >= 0.6 is 0 Å². The molecule has 3 aromatic heterocycles. The van der Waals surface area contributed by atoms with E-state index in [0.29, 0.717) is 31.9 Å². The molecule has 31 heavy (non-hydrogen) atoms. The molecule has 1 atom stereocenters. The molecule has 9 nitrogen and oxygen atoms in total. The number of halogens is 2. The second-order valence-corrected chi connectivity index (χ2v) is 8.08. The SMILES string of the molecule is Cn1cc(Nc2nccc(-c3cnn(C4CCN(C(=O)C5CC5(F)F)CC4)c3)n2)cn1. The number of aromatic nitrogens is 6. The van der Waals surface area contributed by atoms with Crippen LogP contribution in [-0.4, -0.2) is 59.3 Å². The smallest absolute Gasteiger partial charge is 0.260 e. The molecule has 0 spiro atoms. The van der Waals surface area contributed by atoms with Gasteiger partial charge in [-0.2, -0.15) is 10.2 Å². The van der Waals surface area contributed by atoms with Gasteiger partial charge in [0.2, 0.25) is 11.9 Å². The third kappa shape index (κ3) is 3.99. The average Bonchev–Trinajstić information content (AvgIpc) is 3.12. The molecule has 1 unspecified atom stereocenters. The van der Waals surface area contributed by atoms with Crippen LogP contribution in [0.3, 0.4) is 0 Å². The number of hydrogen-bond acceptors (Lipinski definition) is 6. The fraction of sp³-hybridized carbons (Fsp3) is 0.450. The number of rotatable bonds is 5. The molecule has 1 amide bonds. The minimum absolute atomic E-state index is 0.118. The molecule has 0 aromatic carbocycles. The first-order chi connectivity index (χ1) is 14.9. The van der Waals surface area contributed by atoms with E-state index in [4.69, 9.17) is 0 Å². The van der Waals surface area contributed by atoms with Crippen molar-refractivity contribution in [3.63, 3.8) is 0 Å². The van der Waals surface area contributed by atoms with Crippen LogP contribution in [0.1, 0.15) is 25.3 Å². The van der Waals surface area contributed by atoms with Crippen LogP contribution in [0.15, 0.2) is 37.1 Å². The normalized spacial score (nSPS) is 20.6. The van der Waals surface area contributed by atoms with Gasteiger partial charge in [-0.15, -0.1) is 0 Å². The number of likely N-dealkylation sites (tertiary alicyclic amines) is 1. The van der Waals surface area contributed by atoms with E-state index >= 15 is 0 Å². The monoisotopic (exact) mass is 428 g/mol. The molecule has 4 heterocycles. The van der Waals surface area contributed by atoms with E-state index in [0.717, 1.165) is 16.9 Å². The van der Waals surface area contributed by atoms with Crippen molar-refractivity contribution in [2.45, 2.75) is 31.2 Å². The van der Waals surface area contributed by atoms with E-state index < -0.39 is 17.7 Å². The summed E-state index contributed by atoms with van der Waals surface area (Å²) in [6, 6.07) is 1.93. The van der Waals surface area contributed by atoms with Gasteiger partial charge in [0.05, 0.1) is 29.8 Å². The summed E-state index contributed by atoms with van der Waals surface area (Å²) in [5.74, 6) is -3.89. The van der Waals surface area contributed by atoms with E-state index in [9.17, 15) is 13.6 Å². The maximum atomic E-state index is 13.2. The standard InChI is InChI=1S/C20H22F2N8O/c1-28-12-14(10-24-28)26-19-23-5-2-17(27-19)13-9-25-30(11-13)15-3-6-29(7-4-15)18(31)16-8-20(16,21)22/h2,5,9-12,15-16H,3-4,6-8H2,1H3,(H,23,26,27). The molecule has 2 aliphatic rings. The molecule has 1 saturated carbocycles. The third-order valence-corrected chi connectivity index (χ3v) is 5.79. The Hall–Kier alpha value is -3.37. The Morgan fingerprint density at radius 2 is 1.97 bits per heavy atom. The van der Waals surface area contributed by atoms with Gasteiger partial charge >= 0.3 is 0 Å². The van der Waals surface area contributed by atoms with Crippen molar-refractivity contribution in [2.75, 3.05) is 18.4 Å². The van der Waals surface area contributed by atoms with Crippen LogP contribution < -0.4 is 5.32 Å². The second kappa shape index (κ2) is 7.40. The summed E-state index contributed by atoms with van der Waals surface area (Å²) in [5.41, 5.74) is 2.38. The summed E-state index contributed by atoms with van der Waals surface area (Å²) in [4.78, 5) is 22.5. The highest BCUT2D eigenvalue weighted by Crippen LogP contribution is 2.49. The molecule has 1 aliphatic carbocycles. The molecule has 3 aromatic rings.